The molecule has 2 heterocycles. The molecule has 0 saturated heterocycles. The fourth-order valence-electron chi connectivity index (χ4n) is 1.88. The van der Waals surface area contributed by atoms with Crippen molar-refractivity contribution in [1.29, 1.82) is 0 Å². The van der Waals surface area contributed by atoms with Gasteiger partial charge in [0.15, 0.2) is 0 Å². The number of thiophene rings is 1. The lowest BCUT2D eigenvalue weighted by Gasteiger charge is -2.18. The molecule has 2 aromatic heterocycles. The van der Waals surface area contributed by atoms with E-state index in [-0.39, 0.29) is 0 Å². The van der Waals surface area contributed by atoms with Crippen LogP contribution in [0, 0.1) is 0 Å². The monoisotopic (exact) mass is 308 g/mol. The van der Waals surface area contributed by atoms with Crippen molar-refractivity contribution in [3.8, 4) is 0 Å². The van der Waals surface area contributed by atoms with Crippen molar-refractivity contribution in [1.82, 2.24) is 4.98 Å². The Morgan fingerprint density at radius 2 is 2.10 bits per heavy atom. The van der Waals surface area contributed by atoms with Crippen LogP contribution >= 0.6 is 23.1 Å². The van der Waals surface area contributed by atoms with Crippen molar-refractivity contribution in [2.45, 2.75) is 11.4 Å². The van der Waals surface area contributed by atoms with E-state index in [1.807, 2.05) is 25.4 Å². The van der Waals surface area contributed by atoms with Gasteiger partial charge in [-0.3, -0.25) is 9.78 Å². The van der Waals surface area contributed by atoms with Gasteiger partial charge in [-0.1, -0.05) is 0 Å². The van der Waals surface area contributed by atoms with Gasteiger partial charge in [-0.15, -0.1) is 23.1 Å². The molecule has 0 atom stereocenters. The first kappa shape index (κ1) is 14.7. The zero-order valence-corrected chi connectivity index (χ0v) is 12.9. The molecule has 7 heteroatoms. The predicted octanol–water partition coefficient (Wildman–Crippen LogP) is 2.18. The van der Waals surface area contributed by atoms with E-state index >= 15 is 0 Å². The lowest BCUT2D eigenvalue weighted by Crippen LogP contribution is -2.15. The number of carbonyl (C=O) groups excluding carboxylic acids is 1. The van der Waals surface area contributed by atoms with Crippen molar-refractivity contribution >= 4 is 39.7 Å². The van der Waals surface area contributed by atoms with E-state index in [1.165, 1.54) is 23.1 Å². The standard InChI is InChI=1S/C13H16N4OS2/c1-17(7-8-3-5-16-6-4-8)13-11(19-2)9(14)10(20-13)12(15)18/h3-6H,7,14H2,1-2H3,(H2,15,18). The van der Waals surface area contributed by atoms with Crippen molar-refractivity contribution in [2.75, 3.05) is 23.9 Å². The highest BCUT2D eigenvalue weighted by atomic mass is 32.2. The van der Waals surface area contributed by atoms with Crippen LogP contribution in [-0.2, 0) is 6.54 Å². The Bertz CT molecular complexity index is 612. The van der Waals surface area contributed by atoms with Crippen LogP contribution < -0.4 is 16.4 Å². The van der Waals surface area contributed by atoms with E-state index < -0.39 is 5.91 Å². The Balaban J connectivity index is 2.32. The Morgan fingerprint density at radius 3 is 2.65 bits per heavy atom. The third-order valence-corrected chi connectivity index (χ3v) is 5.11. The van der Waals surface area contributed by atoms with Crippen molar-refractivity contribution < 1.29 is 4.79 Å². The van der Waals surface area contributed by atoms with Crippen molar-refractivity contribution in [3.63, 3.8) is 0 Å². The third kappa shape index (κ3) is 2.88. The number of thioether (sulfide) groups is 1. The molecule has 1 amide bonds. The number of hydrogen-bond acceptors (Lipinski definition) is 6. The van der Waals surface area contributed by atoms with Gasteiger partial charge < -0.3 is 16.4 Å². The number of rotatable bonds is 5. The molecule has 0 bridgehead atoms. The molecule has 0 saturated carbocycles. The Morgan fingerprint density at radius 1 is 1.45 bits per heavy atom. The van der Waals surface area contributed by atoms with Gasteiger partial charge in [0.2, 0.25) is 0 Å². The molecule has 0 radical (unpaired) electrons. The zero-order chi connectivity index (χ0) is 14.7. The summed E-state index contributed by atoms with van der Waals surface area (Å²) < 4.78 is 0. The number of nitrogens with two attached hydrogens (primary N) is 2. The molecule has 106 valence electrons. The molecule has 0 unspecified atom stereocenters. The second kappa shape index (κ2) is 6.15. The molecule has 0 fully saturated rings. The number of carbonyl (C=O) groups is 1. The van der Waals surface area contributed by atoms with E-state index in [4.69, 9.17) is 11.5 Å². The first-order valence-corrected chi connectivity index (χ1v) is 7.94. The number of amides is 1. The Kier molecular flexibility index (Phi) is 4.51. The van der Waals surface area contributed by atoms with Gasteiger partial charge in [0.1, 0.15) is 9.88 Å². The minimum Gasteiger partial charge on any atom is -0.396 e. The summed E-state index contributed by atoms with van der Waals surface area (Å²) in [6, 6.07) is 3.92. The third-order valence-electron chi connectivity index (χ3n) is 2.83. The average Bonchev–Trinajstić information content (AvgIpc) is 2.77. The summed E-state index contributed by atoms with van der Waals surface area (Å²) in [6.45, 7) is 0.717. The molecule has 0 aromatic carbocycles. The predicted molar refractivity (Wildman–Crippen MR) is 85.4 cm³/mol. The first-order valence-electron chi connectivity index (χ1n) is 5.90. The minimum absolute atomic E-state index is 0.422. The van der Waals surface area contributed by atoms with Crippen molar-refractivity contribution in [3.05, 3.63) is 35.0 Å². The van der Waals surface area contributed by atoms with Crippen LogP contribution in [0.1, 0.15) is 15.2 Å². The van der Waals surface area contributed by atoms with Crippen LogP contribution in [0.2, 0.25) is 0 Å². The summed E-state index contributed by atoms with van der Waals surface area (Å²) in [7, 11) is 1.97. The molecular formula is C13H16N4OS2. The highest BCUT2D eigenvalue weighted by Gasteiger charge is 2.21. The second-order valence-electron chi connectivity index (χ2n) is 4.26. The van der Waals surface area contributed by atoms with Crippen LogP contribution in [0.25, 0.3) is 0 Å². The number of pyridine rings is 1. The fourth-order valence-corrected chi connectivity index (χ4v) is 3.90. The first-order chi connectivity index (χ1) is 9.54. The van der Waals surface area contributed by atoms with E-state index in [0.717, 1.165) is 15.5 Å². The molecule has 2 aromatic rings. The van der Waals surface area contributed by atoms with Gasteiger partial charge in [0.05, 0.1) is 10.6 Å². The largest absolute Gasteiger partial charge is 0.396 e. The van der Waals surface area contributed by atoms with E-state index in [1.54, 1.807) is 12.4 Å². The summed E-state index contributed by atoms with van der Waals surface area (Å²) in [5.41, 5.74) is 13.0. The van der Waals surface area contributed by atoms with Gasteiger partial charge in [0, 0.05) is 26.0 Å². The summed E-state index contributed by atoms with van der Waals surface area (Å²) >= 11 is 2.86. The zero-order valence-electron chi connectivity index (χ0n) is 11.3. The lowest BCUT2D eigenvalue weighted by molar-refractivity contribution is 0.100. The van der Waals surface area contributed by atoms with Gasteiger partial charge in [-0.05, 0) is 24.0 Å². The number of anilines is 2. The Hall–Kier alpha value is -1.73. The SMILES string of the molecule is CSc1c(N(C)Cc2ccncc2)sc(C(N)=O)c1N. The Labute approximate surface area is 126 Å². The second-order valence-corrected chi connectivity index (χ2v) is 6.07. The van der Waals surface area contributed by atoms with E-state index in [9.17, 15) is 4.79 Å². The maximum absolute atomic E-state index is 11.4. The fraction of sp³-hybridized carbons (Fsp3) is 0.231. The smallest absolute Gasteiger partial charge is 0.261 e. The molecule has 4 N–H and O–H groups in total. The minimum atomic E-state index is -0.480. The number of hydrogen-bond donors (Lipinski definition) is 2. The molecule has 0 aliphatic heterocycles. The van der Waals surface area contributed by atoms with E-state index in [0.29, 0.717) is 17.1 Å². The van der Waals surface area contributed by atoms with Crippen LogP contribution in [0.3, 0.4) is 0 Å². The molecule has 20 heavy (non-hydrogen) atoms. The normalized spacial score (nSPS) is 10.5. The molecule has 0 aliphatic carbocycles. The highest BCUT2D eigenvalue weighted by molar-refractivity contribution is 7.99. The topological polar surface area (TPSA) is 85.2 Å². The molecule has 0 spiro atoms. The van der Waals surface area contributed by atoms with Gasteiger partial charge in [-0.2, -0.15) is 0 Å². The maximum Gasteiger partial charge on any atom is 0.261 e. The van der Waals surface area contributed by atoms with Gasteiger partial charge >= 0.3 is 0 Å². The van der Waals surface area contributed by atoms with Gasteiger partial charge in [-0.25, -0.2) is 0 Å². The number of nitrogens with zero attached hydrogens (tertiary/aromatic N) is 2. The van der Waals surface area contributed by atoms with Crippen LogP contribution in [0.5, 0.6) is 0 Å². The molecule has 0 aliphatic rings. The maximum atomic E-state index is 11.4. The molecule has 5 nitrogen and oxygen atoms in total. The number of primary amides is 1. The van der Waals surface area contributed by atoms with Gasteiger partial charge in [0.25, 0.3) is 5.91 Å². The van der Waals surface area contributed by atoms with Crippen molar-refractivity contribution in [2.24, 2.45) is 5.73 Å². The van der Waals surface area contributed by atoms with Crippen LogP contribution in [0.15, 0.2) is 29.4 Å². The van der Waals surface area contributed by atoms with Crippen LogP contribution in [0.4, 0.5) is 10.7 Å². The number of aromatic nitrogens is 1. The summed E-state index contributed by atoms with van der Waals surface area (Å²) in [5, 5.41) is 0.959. The molecule has 2 rings (SSSR count). The van der Waals surface area contributed by atoms with Crippen LogP contribution in [-0.4, -0.2) is 24.2 Å². The highest BCUT2D eigenvalue weighted by Crippen LogP contribution is 2.43. The quantitative estimate of drug-likeness (QED) is 0.827. The summed E-state index contributed by atoms with van der Waals surface area (Å²) in [6.07, 6.45) is 5.46. The summed E-state index contributed by atoms with van der Waals surface area (Å²) in [4.78, 5) is 18.8. The lowest BCUT2D eigenvalue weighted by atomic mass is 10.2. The molecular weight excluding hydrogens is 292 g/mol. The average molecular weight is 308 g/mol. The van der Waals surface area contributed by atoms with E-state index in [2.05, 4.69) is 9.88 Å². The summed E-state index contributed by atoms with van der Waals surface area (Å²) in [5.74, 6) is -0.480. The number of nitrogen functional groups attached to an aromatic ring is 1.